The van der Waals surface area contributed by atoms with E-state index in [0.717, 1.165) is 49.5 Å². The largest absolute Gasteiger partial charge is 0.361 e. The van der Waals surface area contributed by atoms with Gasteiger partial charge in [-0.3, -0.25) is 9.59 Å². The Balaban J connectivity index is 0.00000225. The quantitative estimate of drug-likeness (QED) is 0.857. The van der Waals surface area contributed by atoms with Crippen LogP contribution in [0.4, 0.5) is 0 Å². The second-order valence-electron chi connectivity index (χ2n) is 6.70. The third-order valence-electron chi connectivity index (χ3n) is 5.09. The maximum absolute atomic E-state index is 12.6. The average Bonchev–Trinajstić information content (AvgIpc) is 2.91. The first kappa shape index (κ1) is 19.7. The maximum atomic E-state index is 12.6. The number of amides is 2. The number of aryl methyl sites for hydroxylation is 2. The first-order valence-corrected chi connectivity index (χ1v) is 8.76. The van der Waals surface area contributed by atoms with Crippen molar-refractivity contribution >= 4 is 24.2 Å². The van der Waals surface area contributed by atoms with Crippen LogP contribution in [0.15, 0.2) is 4.52 Å². The van der Waals surface area contributed by atoms with E-state index >= 15 is 0 Å². The summed E-state index contributed by atoms with van der Waals surface area (Å²) in [6.45, 7) is 7.22. The Morgan fingerprint density at radius 3 is 2.84 bits per heavy atom. The number of hydrogen-bond donors (Lipinski definition) is 1. The molecule has 2 aliphatic heterocycles. The molecule has 3 heterocycles. The van der Waals surface area contributed by atoms with E-state index in [2.05, 4.69) is 10.5 Å². The molecular weight excluding hydrogens is 344 g/mol. The van der Waals surface area contributed by atoms with Crippen molar-refractivity contribution in [3.63, 3.8) is 0 Å². The van der Waals surface area contributed by atoms with Gasteiger partial charge in [0.1, 0.15) is 5.76 Å². The maximum Gasteiger partial charge on any atom is 0.236 e. The smallest absolute Gasteiger partial charge is 0.236 e. The Labute approximate surface area is 154 Å². The fraction of sp³-hybridized carbons (Fsp3) is 0.706. The summed E-state index contributed by atoms with van der Waals surface area (Å²) in [6.07, 6.45) is 3.07. The van der Waals surface area contributed by atoms with Gasteiger partial charge in [0.25, 0.3) is 0 Å². The topological polar surface area (TPSA) is 78.7 Å². The summed E-state index contributed by atoms with van der Waals surface area (Å²) in [4.78, 5) is 28.5. The molecule has 1 aromatic rings. The summed E-state index contributed by atoms with van der Waals surface area (Å²) in [5.74, 6) is 1.10. The third-order valence-corrected chi connectivity index (χ3v) is 5.09. The fourth-order valence-corrected chi connectivity index (χ4v) is 3.69. The molecular formula is C17H27ClN4O3. The van der Waals surface area contributed by atoms with E-state index < -0.39 is 0 Å². The Bertz CT molecular complexity index is 600. The lowest BCUT2D eigenvalue weighted by molar-refractivity contribution is -0.140. The minimum absolute atomic E-state index is 0. The first-order chi connectivity index (χ1) is 11.6. The van der Waals surface area contributed by atoms with Crippen molar-refractivity contribution in [1.82, 2.24) is 20.3 Å². The molecule has 140 valence electrons. The highest BCUT2D eigenvalue weighted by Crippen LogP contribution is 2.19. The number of carbonyl (C=O) groups excluding carboxylic acids is 2. The van der Waals surface area contributed by atoms with Crippen LogP contribution in [0, 0.1) is 13.8 Å². The van der Waals surface area contributed by atoms with Gasteiger partial charge in [-0.25, -0.2) is 0 Å². The van der Waals surface area contributed by atoms with Gasteiger partial charge in [0.05, 0.1) is 12.2 Å². The summed E-state index contributed by atoms with van der Waals surface area (Å²) in [6, 6.07) is 0.163. The lowest BCUT2D eigenvalue weighted by atomic mass is 10.0. The minimum Gasteiger partial charge on any atom is -0.361 e. The van der Waals surface area contributed by atoms with E-state index in [4.69, 9.17) is 4.52 Å². The SMILES string of the molecule is Cc1noc(C)c1CCC(=O)N1CCCC(N2CCNCC2=O)C1.Cl. The van der Waals surface area contributed by atoms with E-state index in [0.29, 0.717) is 25.9 Å². The van der Waals surface area contributed by atoms with Crippen molar-refractivity contribution in [2.45, 2.75) is 45.6 Å². The molecule has 8 heteroatoms. The molecule has 2 saturated heterocycles. The second-order valence-corrected chi connectivity index (χ2v) is 6.70. The lowest BCUT2D eigenvalue weighted by Crippen LogP contribution is -2.57. The molecule has 0 bridgehead atoms. The molecule has 7 nitrogen and oxygen atoms in total. The number of hydrogen-bond acceptors (Lipinski definition) is 5. The first-order valence-electron chi connectivity index (χ1n) is 8.76. The fourth-order valence-electron chi connectivity index (χ4n) is 3.69. The molecule has 0 aromatic carbocycles. The molecule has 2 fully saturated rings. The summed E-state index contributed by atoms with van der Waals surface area (Å²) < 4.78 is 5.16. The highest BCUT2D eigenvalue weighted by atomic mass is 35.5. The normalized spacial score (nSPS) is 21.2. The van der Waals surface area contributed by atoms with Gasteiger partial charge in [-0.05, 0) is 33.1 Å². The zero-order valence-electron chi connectivity index (χ0n) is 14.9. The van der Waals surface area contributed by atoms with E-state index in [9.17, 15) is 9.59 Å². The highest BCUT2D eigenvalue weighted by molar-refractivity contribution is 5.85. The van der Waals surface area contributed by atoms with Crippen LogP contribution < -0.4 is 5.32 Å². The summed E-state index contributed by atoms with van der Waals surface area (Å²) in [5.41, 5.74) is 1.90. The number of likely N-dealkylation sites (tertiary alicyclic amines) is 1. The van der Waals surface area contributed by atoms with Crippen molar-refractivity contribution < 1.29 is 14.1 Å². The highest BCUT2D eigenvalue weighted by Gasteiger charge is 2.31. The van der Waals surface area contributed by atoms with Gasteiger partial charge >= 0.3 is 0 Å². The Morgan fingerprint density at radius 2 is 2.16 bits per heavy atom. The zero-order chi connectivity index (χ0) is 17.1. The van der Waals surface area contributed by atoms with E-state index in [1.807, 2.05) is 23.6 Å². The van der Waals surface area contributed by atoms with Gasteiger partial charge in [-0.1, -0.05) is 5.16 Å². The number of halogens is 1. The predicted molar refractivity (Wildman–Crippen MR) is 95.7 cm³/mol. The molecule has 2 aliphatic rings. The van der Waals surface area contributed by atoms with Crippen molar-refractivity contribution in [1.29, 1.82) is 0 Å². The number of piperazine rings is 1. The van der Waals surface area contributed by atoms with Crippen LogP contribution in [-0.4, -0.2) is 65.5 Å². The van der Waals surface area contributed by atoms with E-state index in [1.165, 1.54) is 0 Å². The zero-order valence-corrected chi connectivity index (χ0v) is 15.7. The summed E-state index contributed by atoms with van der Waals surface area (Å²) in [7, 11) is 0. The average molecular weight is 371 g/mol. The second kappa shape index (κ2) is 8.67. The van der Waals surface area contributed by atoms with Crippen LogP contribution in [-0.2, 0) is 16.0 Å². The van der Waals surface area contributed by atoms with Crippen LogP contribution in [0.2, 0.25) is 0 Å². The number of piperidine rings is 1. The minimum atomic E-state index is 0. The Hall–Kier alpha value is -1.60. The molecule has 0 saturated carbocycles. The molecule has 0 radical (unpaired) electrons. The van der Waals surface area contributed by atoms with Crippen LogP contribution in [0.5, 0.6) is 0 Å². The van der Waals surface area contributed by atoms with E-state index in [1.54, 1.807) is 0 Å². The van der Waals surface area contributed by atoms with E-state index in [-0.39, 0.29) is 30.3 Å². The molecule has 1 N–H and O–H groups in total. The standard InChI is InChI=1S/C17H26N4O3.ClH/c1-12-15(13(2)24-19-12)5-6-16(22)20-8-3-4-14(11-20)21-9-7-18-10-17(21)23;/h14,18H,3-11H2,1-2H3;1H. The third kappa shape index (κ3) is 4.52. The monoisotopic (exact) mass is 370 g/mol. The van der Waals surface area contributed by atoms with Crippen LogP contribution in [0.3, 0.4) is 0 Å². The Kier molecular flexibility index (Phi) is 6.84. The number of carbonyl (C=O) groups is 2. The van der Waals surface area contributed by atoms with Gasteiger partial charge in [0, 0.05) is 44.2 Å². The lowest BCUT2D eigenvalue weighted by Gasteiger charge is -2.41. The van der Waals surface area contributed by atoms with Crippen LogP contribution >= 0.6 is 12.4 Å². The molecule has 2 amide bonds. The molecule has 0 aliphatic carbocycles. The number of nitrogens with one attached hydrogen (secondary N) is 1. The van der Waals surface area contributed by atoms with Gasteiger partial charge in [0.15, 0.2) is 0 Å². The van der Waals surface area contributed by atoms with Crippen LogP contribution in [0.1, 0.15) is 36.3 Å². The Morgan fingerprint density at radius 1 is 1.36 bits per heavy atom. The number of rotatable bonds is 4. The molecule has 1 unspecified atom stereocenters. The summed E-state index contributed by atoms with van der Waals surface area (Å²) >= 11 is 0. The predicted octanol–water partition coefficient (Wildman–Crippen LogP) is 1.07. The summed E-state index contributed by atoms with van der Waals surface area (Å²) in [5, 5.41) is 7.04. The van der Waals surface area contributed by atoms with Gasteiger partial charge in [-0.2, -0.15) is 0 Å². The molecule has 3 rings (SSSR count). The van der Waals surface area contributed by atoms with Crippen molar-refractivity contribution in [2.24, 2.45) is 0 Å². The molecule has 1 aromatic heterocycles. The molecule has 25 heavy (non-hydrogen) atoms. The van der Waals surface area contributed by atoms with Gasteiger partial charge in [0.2, 0.25) is 11.8 Å². The van der Waals surface area contributed by atoms with Crippen LogP contribution in [0.25, 0.3) is 0 Å². The van der Waals surface area contributed by atoms with Crippen molar-refractivity contribution in [3.05, 3.63) is 17.0 Å². The molecule has 1 atom stereocenters. The van der Waals surface area contributed by atoms with Crippen molar-refractivity contribution in [3.8, 4) is 0 Å². The number of aromatic nitrogens is 1. The van der Waals surface area contributed by atoms with Crippen molar-refractivity contribution in [2.75, 3.05) is 32.7 Å². The molecule has 0 spiro atoms. The number of nitrogens with zero attached hydrogens (tertiary/aromatic N) is 3. The van der Waals surface area contributed by atoms with Gasteiger partial charge < -0.3 is 19.6 Å². The van der Waals surface area contributed by atoms with Gasteiger partial charge in [-0.15, -0.1) is 12.4 Å².